The summed E-state index contributed by atoms with van der Waals surface area (Å²) in [4.78, 5) is 23.5. The van der Waals surface area contributed by atoms with Crippen LogP contribution in [0.3, 0.4) is 0 Å². The van der Waals surface area contributed by atoms with Crippen LogP contribution in [0.5, 0.6) is 0 Å². The first-order valence-corrected chi connectivity index (χ1v) is 7.41. The van der Waals surface area contributed by atoms with Gasteiger partial charge in [-0.1, -0.05) is 12.8 Å². The Hall–Kier alpha value is -0.810. The summed E-state index contributed by atoms with van der Waals surface area (Å²) in [7, 11) is 0. The van der Waals surface area contributed by atoms with Crippen molar-refractivity contribution < 1.29 is 9.59 Å². The second-order valence-corrected chi connectivity index (χ2v) is 6.00. The van der Waals surface area contributed by atoms with Crippen molar-refractivity contribution >= 4 is 24.2 Å². The van der Waals surface area contributed by atoms with E-state index in [2.05, 4.69) is 5.32 Å². The molecular weight excluding hydrogens is 278 g/mol. The van der Waals surface area contributed by atoms with Crippen LogP contribution in [0.15, 0.2) is 0 Å². The van der Waals surface area contributed by atoms with E-state index in [0.717, 1.165) is 38.5 Å². The lowest BCUT2D eigenvalue weighted by molar-refractivity contribution is -0.128. The minimum atomic E-state index is -0.236. The molecule has 0 spiro atoms. The van der Waals surface area contributed by atoms with E-state index in [9.17, 15) is 9.59 Å². The maximum atomic E-state index is 12.3. The molecule has 2 rings (SSSR count). The summed E-state index contributed by atoms with van der Waals surface area (Å²) in [6, 6.07) is 0.109. The zero-order valence-corrected chi connectivity index (χ0v) is 12.7. The molecule has 2 saturated carbocycles. The van der Waals surface area contributed by atoms with Gasteiger partial charge in [-0.15, -0.1) is 12.4 Å². The third-order valence-electron chi connectivity index (χ3n) is 4.72. The topological polar surface area (TPSA) is 98.2 Å². The van der Waals surface area contributed by atoms with Crippen molar-refractivity contribution in [1.82, 2.24) is 5.32 Å². The Kier molecular flexibility index (Phi) is 6.76. The molecule has 0 aromatic carbocycles. The zero-order chi connectivity index (χ0) is 13.8. The lowest BCUT2D eigenvalue weighted by atomic mass is 9.84. The van der Waals surface area contributed by atoms with Gasteiger partial charge in [0.05, 0.1) is 0 Å². The number of carbonyl (C=O) groups excluding carboxylic acids is 2. The van der Waals surface area contributed by atoms with Crippen molar-refractivity contribution in [2.75, 3.05) is 6.54 Å². The van der Waals surface area contributed by atoms with Gasteiger partial charge in [-0.3, -0.25) is 9.59 Å². The number of hydrogen-bond donors (Lipinski definition) is 3. The summed E-state index contributed by atoms with van der Waals surface area (Å²) in [5, 5.41) is 3.11. The third-order valence-corrected chi connectivity index (χ3v) is 4.72. The van der Waals surface area contributed by atoms with Crippen LogP contribution >= 0.6 is 12.4 Å². The van der Waals surface area contributed by atoms with Crippen LogP contribution in [-0.4, -0.2) is 24.4 Å². The number of nitrogens with two attached hydrogens (primary N) is 2. The van der Waals surface area contributed by atoms with Gasteiger partial charge in [0.15, 0.2) is 0 Å². The van der Waals surface area contributed by atoms with Gasteiger partial charge in [0.1, 0.15) is 0 Å². The number of carbonyl (C=O) groups is 2. The molecule has 0 radical (unpaired) electrons. The Bertz CT molecular complexity index is 351. The van der Waals surface area contributed by atoms with E-state index in [0.29, 0.717) is 18.9 Å². The highest BCUT2D eigenvalue weighted by atomic mass is 35.5. The lowest BCUT2D eigenvalue weighted by Crippen LogP contribution is -2.44. The molecule has 0 bridgehead atoms. The van der Waals surface area contributed by atoms with E-state index in [-0.39, 0.29) is 42.1 Å². The Labute approximate surface area is 126 Å². The minimum Gasteiger partial charge on any atom is -0.369 e. The molecule has 20 heavy (non-hydrogen) atoms. The molecule has 2 unspecified atom stereocenters. The van der Waals surface area contributed by atoms with Crippen LogP contribution in [0.2, 0.25) is 0 Å². The normalized spacial score (nSPS) is 33.2. The second-order valence-electron chi connectivity index (χ2n) is 6.00. The van der Waals surface area contributed by atoms with Gasteiger partial charge >= 0.3 is 0 Å². The largest absolute Gasteiger partial charge is 0.369 e. The second kappa shape index (κ2) is 7.84. The van der Waals surface area contributed by atoms with Crippen LogP contribution in [0, 0.1) is 17.8 Å². The van der Waals surface area contributed by atoms with Gasteiger partial charge < -0.3 is 16.8 Å². The summed E-state index contributed by atoms with van der Waals surface area (Å²) < 4.78 is 0. The van der Waals surface area contributed by atoms with Crippen LogP contribution in [0.25, 0.3) is 0 Å². The van der Waals surface area contributed by atoms with Gasteiger partial charge in [0.25, 0.3) is 0 Å². The third kappa shape index (κ3) is 4.09. The van der Waals surface area contributed by atoms with E-state index in [1.54, 1.807) is 0 Å². The molecular formula is C14H26ClN3O2. The highest BCUT2D eigenvalue weighted by Crippen LogP contribution is 2.32. The van der Waals surface area contributed by atoms with Crippen molar-refractivity contribution in [3.63, 3.8) is 0 Å². The molecule has 2 aliphatic carbocycles. The molecule has 2 fully saturated rings. The smallest absolute Gasteiger partial charge is 0.223 e. The number of hydrogen-bond acceptors (Lipinski definition) is 3. The number of rotatable bonds is 4. The molecule has 0 heterocycles. The molecule has 2 amide bonds. The molecule has 0 aliphatic heterocycles. The highest BCUT2D eigenvalue weighted by molar-refractivity contribution is 5.85. The number of nitrogens with one attached hydrogen (secondary N) is 1. The van der Waals surface area contributed by atoms with Gasteiger partial charge in [-0.2, -0.15) is 0 Å². The fraction of sp³-hybridized carbons (Fsp3) is 0.857. The summed E-state index contributed by atoms with van der Waals surface area (Å²) in [5.41, 5.74) is 11.1. The van der Waals surface area contributed by atoms with Gasteiger partial charge in [-0.25, -0.2) is 0 Å². The van der Waals surface area contributed by atoms with E-state index in [1.807, 2.05) is 0 Å². The Morgan fingerprint density at radius 2 is 1.80 bits per heavy atom. The van der Waals surface area contributed by atoms with Crippen molar-refractivity contribution in [2.45, 2.75) is 51.0 Å². The molecule has 2 aliphatic rings. The van der Waals surface area contributed by atoms with Crippen LogP contribution < -0.4 is 16.8 Å². The van der Waals surface area contributed by atoms with E-state index in [4.69, 9.17) is 11.5 Å². The van der Waals surface area contributed by atoms with Crippen LogP contribution in [0.1, 0.15) is 44.9 Å². The summed E-state index contributed by atoms with van der Waals surface area (Å²) in [6.45, 7) is 0.590. The molecule has 5 N–H and O–H groups in total. The van der Waals surface area contributed by atoms with Crippen molar-refractivity contribution in [3.05, 3.63) is 0 Å². The first kappa shape index (κ1) is 17.2. The van der Waals surface area contributed by atoms with Gasteiger partial charge in [0.2, 0.25) is 11.8 Å². The number of primary amides is 1. The lowest BCUT2D eigenvalue weighted by Gasteiger charge is -2.29. The molecule has 0 aromatic rings. The highest BCUT2D eigenvalue weighted by Gasteiger charge is 2.34. The summed E-state index contributed by atoms with van der Waals surface area (Å²) in [6.07, 6.45) is 6.56. The maximum absolute atomic E-state index is 12.3. The monoisotopic (exact) mass is 303 g/mol. The van der Waals surface area contributed by atoms with E-state index >= 15 is 0 Å². The number of halogens is 1. The first-order valence-electron chi connectivity index (χ1n) is 7.41. The van der Waals surface area contributed by atoms with Gasteiger partial charge in [-0.05, 0) is 44.6 Å². The fourth-order valence-electron chi connectivity index (χ4n) is 3.55. The molecule has 0 aromatic heterocycles. The zero-order valence-electron chi connectivity index (χ0n) is 11.8. The van der Waals surface area contributed by atoms with Crippen molar-refractivity contribution in [1.29, 1.82) is 0 Å². The van der Waals surface area contributed by atoms with Crippen molar-refractivity contribution in [2.24, 2.45) is 29.2 Å². The minimum absolute atomic E-state index is 0. The SMILES string of the molecule is Cl.NC[C@H]1CCC[C@H]1C(=O)NC1CCCC(C(N)=O)C1. The van der Waals surface area contributed by atoms with Gasteiger partial charge in [0, 0.05) is 17.9 Å². The average molecular weight is 304 g/mol. The van der Waals surface area contributed by atoms with Crippen LogP contribution in [0.4, 0.5) is 0 Å². The maximum Gasteiger partial charge on any atom is 0.223 e. The molecule has 5 nitrogen and oxygen atoms in total. The Balaban J connectivity index is 0.00000200. The Morgan fingerprint density at radius 3 is 2.45 bits per heavy atom. The molecule has 6 heteroatoms. The Morgan fingerprint density at radius 1 is 1.10 bits per heavy atom. The van der Waals surface area contributed by atoms with E-state index in [1.165, 1.54) is 0 Å². The van der Waals surface area contributed by atoms with Crippen molar-refractivity contribution in [3.8, 4) is 0 Å². The predicted molar refractivity (Wildman–Crippen MR) is 80.2 cm³/mol. The molecule has 0 saturated heterocycles. The molecule has 116 valence electrons. The first-order chi connectivity index (χ1) is 9.11. The summed E-state index contributed by atoms with van der Waals surface area (Å²) in [5.74, 6) is 0.213. The predicted octanol–water partition coefficient (Wildman–Crippen LogP) is 0.943. The van der Waals surface area contributed by atoms with E-state index < -0.39 is 0 Å². The number of amides is 2. The summed E-state index contributed by atoms with van der Waals surface area (Å²) >= 11 is 0. The average Bonchev–Trinajstić information content (AvgIpc) is 2.87. The van der Waals surface area contributed by atoms with Crippen LogP contribution in [-0.2, 0) is 9.59 Å². The standard InChI is InChI=1S/C14H25N3O2.ClH/c15-8-10-4-2-6-12(10)14(19)17-11-5-1-3-9(7-11)13(16)18;/h9-12H,1-8,15H2,(H2,16,18)(H,17,19);1H/t9?,10-,11?,12-;/m1./s1. The molecule has 4 atom stereocenters. The quantitative estimate of drug-likeness (QED) is 0.721. The fourth-order valence-corrected chi connectivity index (χ4v) is 3.55.